The van der Waals surface area contributed by atoms with Gasteiger partial charge in [-0.25, -0.2) is 9.97 Å². The molecule has 1 N–H and O–H groups in total. The molecule has 0 aromatic carbocycles. The lowest BCUT2D eigenvalue weighted by atomic mass is 9.83. The maximum atomic E-state index is 4.32. The average molecular weight is 383 g/mol. The molecule has 0 saturated heterocycles. The van der Waals surface area contributed by atoms with E-state index in [0.29, 0.717) is 6.04 Å². The van der Waals surface area contributed by atoms with Crippen LogP contribution in [0.5, 0.6) is 0 Å². The molecule has 2 rings (SSSR count). The van der Waals surface area contributed by atoms with Crippen molar-refractivity contribution >= 4 is 15.9 Å². The summed E-state index contributed by atoms with van der Waals surface area (Å²) < 4.78 is 0.936. The molecule has 1 heterocycles. The number of nitrogens with zero attached hydrogens (tertiary/aromatic N) is 3. The number of halogens is 1. The predicted octanol–water partition coefficient (Wildman–Crippen LogP) is 4.01. The summed E-state index contributed by atoms with van der Waals surface area (Å²) in [6.07, 6.45) is 13.0. The highest BCUT2D eigenvalue weighted by Gasteiger charge is 2.20. The third kappa shape index (κ3) is 7.27. The molecule has 1 fully saturated rings. The van der Waals surface area contributed by atoms with Gasteiger partial charge < -0.3 is 10.2 Å². The van der Waals surface area contributed by atoms with E-state index in [4.69, 9.17) is 0 Å². The Bertz CT molecular complexity index is 429. The van der Waals surface area contributed by atoms with Crippen molar-refractivity contribution < 1.29 is 0 Å². The van der Waals surface area contributed by atoms with Crippen LogP contribution in [-0.2, 0) is 6.54 Å². The van der Waals surface area contributed by atoms with E-state index in [1.807, 2.05) is 12.4 Å². The zero-order chi connectivity index (χ0) is 16.5. The summed E-state index contributed by atoms with van der Waals surface area (Å²) in [6.45, 7) is 5.52. The van der Waals surface area contributed by atoms with Crippen molar-refractivity contribution in [3.8, 4) is 0 Å². The van der Waals surface area contributed by atoms with Crippen molar-refractivity contribution in [1.82, 2.24) is 20.2 Å². The molecule has 0 amide bonds. The number of rotatable bonds is 9. The van der Waals surface area contributed by atoms with Gasteiger partial charge in [0.05, 0.1) is 11.0 Å². The van der Waals surface area contributed by atoms with Crippen LogP contribution in [0.15, 0.2) is 16.9 Å². The average Bonchev–Trinajstić information content (AvgIpc) is 2.56. The molecular weight excluding hydrogens is 352 g/mol. The van der Waals surface area contributed by atoms with Crippen LogP contribution < -0.4 is 5.32 Å². The fraction of sp³-hybridized carbons (Fsp3) is 0.778. The first kappa shape index (κ1) is 18.8. The molecule has 1 aromatic heterocycles. The minimum atomic E-state index is 0.640. The van der Waals surface area contributed by atoms with E-state index in [2.05, 4.69) is 50.1 Å². The van der Waals surface area contributed by atoms with Crippen molar-refractivity contribution in [3.63, 3.8) is 0 Å². The van der Waals surface area contributed by atoms with Crippen LogP contribution in [0.2, 0.25) is 0 Å². The summed E-state index contributed by atoms with van der Waals surface area (Å²) in [5.41, 5.74) is 0. The van der Waals surface area contributed by atoms with E-state index in [1.54, 1.807) is 0 Å². The van der Waals surface area contributed by atoms with Gasteiger partial charge in [-0.15, -0.1) is 0 Å². The van der Waals surface area contributed by atoms with Gasteiger partial charge in [-0.2, -0.15) is 0 Å². The SMILES string of the molecule is CCCN(C)CCCC1CCC(NCc2ncc(Br)cn2)CC1. The quantitative estimate of drug-likeness (QED) is 0.700. The summed E-state index contributed by atoms with van der Waals surface area (Å²) in [7, 11) is 2.24. The second-order valence-corrected chi connectivity index (χ2v) is 7.78. The zero-order valence-corrected chi connectivity index (χ0v) is 16.2. The second-order valence-electron chi connectivity index (χ2n) is 6.86. The largest absolute Gasteiger partial charge is 0.307 e. The van der Waals surface area contributed by atoms with Crippen molar-refractivity contribution in [2.75, 3.05) is 20.1 Å². The van der Waals surface area contributed by atoms with Crippen LogP contribution in [0.4, 0.5) is 0 Å². The minimum absolute atomic E-state index is 0.640. The maximum Gasteiger partial charge on any atom is 0.142 e. The fourth-order valence-corrected chi connectivity index (χ4v) is 3.67. The van der Waals surface area contributed by atoms with Gasteiger partial charge in [0.15, 0.2) is 0 Å². The minimum Gasteiger partial charge on any atom is -0.307 e. The standard InChI is InChI=1S/C18H31BrN4/c1-3-10-23(2)11-4-5-15-6-8-17(9-7-15)20-14-18-21-12-16(19)13-22-18/h12-13,15,17,20H,3-11,14H2,1-2H3. The van der Waals surface area contributed by atoms with Crippen molar-refractivity contribution in [1.29, 1.82) is 0 Å². The Kier molecular flexibility index (Phi) is 8.48. The molecule has 0 spiro atoms. The first-order chi connectivity index (χ1) is 11.2. The first-order valence-corrected chi connectivity index (χ1v) is 9.85. The number of hydrogen-bond donors (Lipinski definition) is 1. The number of nitrogens with one attached hydrogen (secondary N) is 1. The Hall–Kier alpha value is -0.520. The zero-order valence-electron chi connectivity index (χ0n) is 14.6. The molecule has 1 aliphatic rings. The molecule has 1 saturated carbocycles. The summed E-state index contributed by atoms with van der Waals surface area (Å²) in [6, 6.07) is 0.640. The van der Waals surface area contributed by atoms with Crippen LogP contribution in [0.3, 0.4) is 0 Å². The van der Waals surface area contributed by atoms with Gasteiger partial charge >= 0.3 is 0 Å². The maximum absolute atomic E-state index is 4.32. The van der Waals surface area contributed by atoms with Gasteiger partial charge in [0.1, 0.15) is 5.82 Å². The lowest BCUT2D eigenvalue weighted by molar-refractivity contribution is 0.256. The topological polar surface area (TPSA) is 41.0 Å². The molecule has 23 heavy (non-hydrogen) atoms. The van der Waals surface area contributed by atoms with Crippen LogP contribution >= 0.6 is 15.9 Å². The third-order valence-electron chi connectivity index (χ3n) is 4.83. The molecule has 0 bridgehead atoms. The molecular formula is C18H31BrN4. The second kappa shape index (κ2) is 10.4. The van der Waals surface area contributed by atoms with E-state index in [9.17, 15) is 0 Å². The van der Waals surface area contributed by atoms with E-state index in [1.165, 1.54) is 58.0 Å². The monoisotopic (exact) mass is 382 g/mol. The van der Waals surface area contributed by atoms with Gasteiger partial charge in [0.25, 0.3) is 0 Å². The van der Waals surface area contributed by atoms with Crippen molar-refractivity contribution in [2.24, 2.45) is 5.92 Å². The molecule has 0 unspecified atom stereocenters. The van der Waals surface area contributed by atoms with E-state index < -0.39 is 0 Å². The van der Waals surface area contributed by atoms with Gasteiger partial charge in [0, 0.05) is 18.4 Å². The van der Waals surface area contributed by atoms with Crippen molar-refractivity contribution in [2.45, 2.75) is 64.5 Å². The molecule has 4 nitrogen and oxygen atoms in total. The third-order valence-corrected chi connectivity index (χ3v) is 5.24. The van der Waals surface area contributed by atoms with Crippen LogP contribution in [-0.4, -0.2) is 41.0 Å². The summed E-state index contributed by atoms with van der Waals surface area (Å²) in [5, 5.41) is 3.62. The van der Waals surface area contributed by atoms with Crippen LogP contribution in [0.25, 0.3) is 0 Å². The fourth-order valence-electron chi connectivity index (χ4n) is 3.46. The Labute approximate surface area is 149 Å². The molecule has 1 aromatic rings. The predicted molar refractivity (Wildman–Crippen MR) is 99.3 cm³/mol. The molecule has 0 atom stereocenters. The lowest BCUT2D eigenvalue weighted by Crippen LogP contribution is -2.33. The van der Waals surface area contributed by atoms with Gasteiger partial charge in [-0.05, 0) is 86.9 Å². The van der Waals surface area contributed by atoms with Crippen LogP contribution in [0, 0.1) is 5.92 Å². The Balaban J connectivity index is 1.57. The molecule has 5 heteroatoms. The molecule has 0 aliphatic heterocycles. The molecule has 1 aliphatic carbocycles. The Morgan fingerprint density at radius 2 is 1.87 bits per heavy atom. The summed E-state index contributed by atoms with van der Waals surface area (Å²) >= 11 is 3.37. The molecule has 130 valence electrons. The lowest BCUT2D eigenvalue weighted by Gasteiger charge is -2.29. The summed E-state index contributed by atoms with van der Waals surface area (Å²) in [4.78, 5) is 11.1. The molecule has 0 radical (unpaired) electrons. The smallest absolute Gasteiger partial charge is 0.142 e. The van der Waals surface area contributed by atoms with Crippen LogP contribution in [0.1, 0.15) is 57.7 Å². The summed E-state index contributed by atoms with van der Waals surface area (Å²) in [5.74, 6) is 1.82. The number of aromatic nitrogens is 2. The first-order valence-electron chi connectivity index (χ1n) is 9.05. The Morgan fingerprint density at radius 3 is 2.52 bits per heavy atom. The van der Waals surface area contributed by atoms with Gasteiger partial charge in [-0.1, -0.05) is 6.92 Å². The van der Waals surface area contributed by atoms with E-state index in [0.717, 1.165) is 22.8 Å². The normalized spacial score (nSPS) is 21.7. The Morgan fingerprint density at radius 1 is 1.17 bits per heavy atom. The number of hydrogen-bond acceptors (Lipinski definition) is 4. The highest BCUT2D eigenvalue weighted by Crippen LogP contribution is 2.28. The van der Waals surface area contributed by atoms with Gasteiger partial charge in [0.2, 0.25) is 0 Å². The van der Waals surface area contributed by atoms with Gasteiger partial charge in [-0.3, -0.25) is 0 Å². The highest BCUT2D eigenvalue weighted by molar-refractivity contribution is 9.10. The van der Waals surface area contributed by atoms with E-state index in [-0.39, 0.29) is 0 Å². The van der Waals surface area contributed by atoms with Crippen molar-refractivity contribution in [3.05, 3.63) is 22.7 Å². The highest BCUT2D eigenvalue weighted by atomic mass is 79.9. The van der Waals surface area contributed by atoms with E-state index >= 15 is 0 Å².